The molecular formula is C20H22N4O2. The molecule has 2 fully saturated rings. The molecule has 2 aromatic heterocycles. The zero-order chi connectivity index (χ0) is 18.0. The van der Waals surface area contributed by atoms with Gasteiger partial charge in [0.2, 0.25) is 11.8 Å². The van der Waals surface area contributed by atoms with E-state index in [0.717, 1.165) is 30.5 Å². The van der Waals surface area contributed by atoms with Crippen LogP contribution in [0.15, 0.2) is 48.9 Å². The molecule has 134 valence electrons. The van der Waals surface area contributed by atoms with Crippen LogP contribution in [0.5, 0.6) is 0 Å². The fraction of sp³-hybridized carbons (Fsp3) is 0.400. The topological polar surface area (TPSA) is 75.2 Å². The molecule has 2 aliphatic heterocycles. The summed E-state index contributed by atoms with van der Waals surface area (Å²) in [6.07, 6.45) is 7.89. The first kappa shape index (κ1) is 16.7. The lowest BCUT2D eigenvalue weighted by atomic mass is 9.82. The van der Waals surface area contributed by atoms with Crippen molar-refractivity contribution < 1.29 is 9.59 Å². The van der Waals surface area contributed by atoms with E-state index in [1.807, 2.05) is 35.2 Å². The van der Waals surface area contributed by atoms with Gasteiger partial charge in [0.05, 0.1) is 12.3 Å². The maximum Gasteiger partial charge on any atom is 0.228 e. The molecule has 0 aliphatic carbocycles. The predicted octanol–water partition coefficient (Wildman–Crippen LogP) is 1.68. The summed E-state index contributed by atoms with van der Waals surface area (Å²) >= 11 is 0. The van der Waals surface area contributed by atoms with Crippen LogP contribution in [0, 0.1) is 0 Å². The van der Waals surface area contributed by atoms with E-state index in [0.29, 0.717) is 19.5 Å². The van der Waals surface area contributed by atoms with Crippen LogP contribution in [-0.4, -0.2) is 45.3 Å². The number of nitrogens with one attached hydrogen (secondary N) is 1. The highest BCUT2D eigenvalue weighted by Crippen LogP contribution is 2.39. The number of nitrogens with zero attached hydrogens (tertiary/aromatic N) is 3. The summed E-state index contributed by atoms with van der Waals surface area (Å²) < 4.78 is 0. The molecular weight excluding hydrogens is 328 g/mol. The van der Waals surface area contributed by atoms with E-state index in [-0.39, 0.29) is 23.3 Å². The minimum Gasteiger partial charge on any atom is -0.350 e. The summed E-state index contributed by atoms with van der Waals surface area (Å²) in [5, 5.41) is 3.22. The van der Waals surface area contributed by atoms with E-state index in [1.54, 1.807) is 18.6 Å². The molecule has 0 aromatic carbocycles. The average Bonchev–Trinajstić information content (AvgIpc) is 2.99. The number of amides is 2. The molecule has 1 atom stereocenters. The summed E-state index contributed by atoms with van der Waals surface area (Å²) in [6.45, 7) is 1.35. The van der Waals surface area contributed by atoms with E-state index in [1.165, 1.54) is 0 Å². The van der Waals surface area contributed by atoms with Crippen molar-refractivity contribution in [1.29, 1.82) is 0 Å². The van der Waals surface area contributed by atoms with Crippen molar-refractivity contribution in [3.63, 3.8) is 0 Å². The largest absolute Gasteiger partial charge is 0.350 e. The Bertz CT molecular complexity index is 786. The summed E-state index contributed by atoms with van der Waals surface area (Å²) in [5.41, 5.74) is 1.63. The molecule has 2 saturated heterocycles. The summed E-state index contributed by atoms with van der Waals surface area (Å²) in [7, 11) is 0. The van der Waals surface area contributed by atoms with E-state index < -0.39 is 0 Å². The Hall–Kier alpha value is -2.76. The zero-order valence-electron chi connectivity index (χ0n) is 14.6. The van der Waals surface area contributed by atoms with Crippen molar-refractivity contribution >= 4 is 11.8 Å². The third kappa shape index (κ3) is 3.31. The Kier molecular flexibility index (Phi) is 4.41. The third-order valence-corrected chi connectivity index (χ3v) is 5.54. The Morgan fingerprint density at radius 2 is 1.92 bits per heavy atom. The van der Waals surface area contributed by atoms with Crippen LogP contribution in [0.4, 0.5) is 0 Å². The molecule has 6 heteroatoms. The van der Waals surface area contributed by atoms with Crippen LogP contribution in [0.2, 0.25) is 0 Å². The maximum atomic E-state index is 12.5. The third-order valence-electron chi connectivity index (χ3n) is 5.54. The molecule has 0 radical (unpaired) electrons. The first-order valence-corrected chi connectivity index (χ1v) is 9.05. The van der Waals surface area contributed by atoms with Gasteiger partial charge in [-0.2, -0.15) is 0 Å². The monoisotopic (exact) mass is 350 g/mol. The summed E-state index contributed by atoms with van der Waals surface area (Å²) in [4.78, 5) is 35.1. The highest BCUT2D eigenvalue weighted by molar-refractivity contribution is 5.87. The summed E-state index contributed by atoms with van der Waals surface area (Å²) in [6, 6.07) is 9.44. The molecule has 1 unspecified atom stereocenters. The van der Waals surface area contributed by atoms with Gasteiger partial charge in [-0.3, -0.25) is 19.6 Å². The number of pyridine rings is 2. The first-order valence-electron chi connectivity index (χ1n) is 9.05. The molecule has 26 heavy (non-hydrogen) atoms. The van der Waals surface area contributed by atoms with Crippen molar-refractivity contribution in [3.8, 4) is 0 Å². The first-order chi connectivity index (χ1) is 12.7. The molecule has 2 aliphatic rings. The van der Waals surface area contributed by atoms with Crippen molar-refractivity contribution in [1.82, 2.24) is 20.2 Å². The highest BCUT2D eigenvalue weighted by atomic mass is 16.2. The number of hydrogen-bond donors (Lipinski definition) is 1. The minimum absolute atomic E-state index is 0.0875. The van der Waals surface area contributed by atoms with Gasteiger partial charge in [-0.25, -0.2) is 0 Å². The van der Waals surface area contributed by atoms with Gasteiger partial charge in [0.15, 0.2) is 0 Å². The van der Waals surface area contributed by atoms with Gasteiger partial charge in [-0.05, 0) is 49.1 Å². The minimum atomic E-state index is -0.188. The number of piperidine rings is 1. The Labute approximate surface area is 152 Å². The number of carbonyl (C=O) groups is 2. The van der Waals surface area contributed by atoms with Crippen LogP contribution >= 0.6 is 0 Å². The van der Waals surface area contributed by atoms with Gasteiger partial charge in [0.25, 0.3) is 0 Å². The SMILES string of the molecule is O=C1NC2(CCN(C(=O)Cc3ccccn3)CC2)CC1c1ccncc1. The lowest BCUT2D eigenvalue weighted by Crippen LogP contribution is -2.52. The predicted molar refractivity (Wildman–Crippen MR) is 96.2 cm³/mol. The van der Waals surface area contributed by atoms with E-state index in [2.05, 4.69) is 15.3 Å². The quantitative estimate of drug-likeness (QED) is 0.914. The average molecular weight is 350 g/mol. The Morgan fingerprint density at radius 3 is 2.62 bits per heavy atom. The lowest BCUT2D eigenvalue weighted by Gasteiger charge is -2.39. The number of likely N-dealkylation sites (tertiary alicyclic amines) is 1. The molecule has 2 aromatic rings. The van der Waals surface area contributed by atoms with Crippen molar-refractivity contribution in [2.45, 2.75) is 37.1 Å². The van der Waals surface area contributed by atoms with E-state index >= 15 is 0 Å². The Balaban J connectivity index is 1.37. The smallest absolute Gasteiger partial charge is 0.228 e. The molecule has 4 rings (SSSR count). The second-order valence-corrected chi connectivity index (χ2v) is 7.19. The van der Waals surface area contributed by atoms with Gasteiger partial charge in [-0.1, -0.05) is 6.07 Å². The molecule has 4 heterocycles. The maximum absolute atomic E-state index is 12.5. The number of rotatable bonds is 3. The number of aromatic nitrogens is 2. The van der Waals surface area contributed by atoms with Crippen LogP contribution in [0.1, 0.15) is 36.4 Å². The molecule has 1 spiro atoms. The van der Waals surface area contributed by atoms with Crippen molar-refractivity contribution in [2.24, 2.45) is 0 Å². The van der Waals surface area contributed by atoms with Gasteiger partial charge >= 0.3 is 0 Å². The fourth-order valence-corrected chi connectivity index (χ4v) is 4.03. The lowest BCUT2D eigenvalue weighted by molar-refractivity contribution is -0.132. The van der Waals surface area contributed by atoms with Crippen LogP contribution in [0.25, 0.3) is 0 Å². The second kappa shape index (κ2) is 6.86. The molecule has 1 N–H and O–H groups in total. The number of hydrogen-bond acceptors (Lipinski definition) is 4. The standard InChI is InChI=1S/C20H22N4O2/c25-18(13-16-3-1-2-8-22-16)24-11-6-20(7-12-24)14-17(19(26)23-20)15-4-9-21-10-5-15/h1-5,8-10,17H,6-7,11-14H2,(H,23,26). The van der Waals surface area contributed by atoms with Gasteiger partial charge in [-0.15, -0.1) is 0 Å². The second-order valence-electron chi connectivity index (χ2n) is 7.19. The zero-order valence-corrected chi connectivity index (χ0v) is 14.6. The van der Waals surface area contributed by atoms with E-state index in [9.17, 15) is 9.59 Å². The summed E-state index contributed by atoms with van der Waals surface area (Å²) in [5.74, 6) is 0.0757. The number of carbonyl (C=O) groups excluding carboxylic acids is 2. The van der Waals surface area contributed by atoms with Crippen LogP contribution in [0.3, 0.4) is 0 Å². The van der Waals surface area contributed by atoms with Gasteiger partial charge in [0.1, 0.15) is 0 Å². The molecule has 6 nitrogen and oxygen atoms in total. The molecule has 0 bridgehead atoms. The van der Waals surface area contributed by atoms with Gasteiger partial charge < -0.3 is 10.2 Å². The fourth-order valence-electron chi connectivity index (χ4n) is 4.03. The Morgan fingerprint density at radius 1 is 1.15 bits per heavy atom. The highest BCUT2D eigenvalue weighted by Gasteiger charge is 2.46. The van der Waals surface area contributed by atoms with Gasteiger partial charge in [0, 0.05) is 42.9 Å². The normalized spacial score (nSPS) is 21.6. The molecule has 0 saturated carbocycles. The van der Waals surface area contributed by atoms with Crippen molar-refractivity contribution in [3.05, 3.63) is 60.2 Å². The van der Waals surface area contributed by atoms with Crippen LogP contribution < -0.4 is 5.32 Å². The molecule has 2 amide bonds. The van der Waals surface area contributed by atoms with Crippen LogP contribution in [-0.2, 0) is 16.0 Å². The van der Waals surface area contributed by atoms with Crippen molar-refractivity contribution in [2.75, 3.05) is 13.1 Å². The van der Waals surface area contributed by atoms with E-state index in [4.69, 9.17) is 0 Å².